The van der Waals surface area contributed by atoms with Gasteiger partial charge in [-0.3, -0.25) is 0 Å². The number of aliphatic hydroxyl groups is 1. The zero-order chi connectivity index (χ0) is 12.1. The van der Waals surface area contributed by atoms with Gasteiger partial charge in [0.2, 0.25) is 0 Å². The Kier molecular flexibility index (Phi) is 5.13. The SMILES string of the molecule is C/C(=C\Cl)COc1ccc(Cl)cc1C(C)O. The molecule has 0 heterocycles. The second-order valence-electron chi connectivity index (χ2n) is 3.60. The number of hydrogen-bond donors (Lipinski definition) is 1. The van der Waals surface area contributed by atoms with Crippen molar-refractivity contribution in [1.29, 1.82) is 0 Å². The van der Waals surface area contributed by atoms with Crippen molar-refractivity contribution < 1.29 is 9.84 Å². The summed E-state index contributed by atoms with van der Waals surface area (Å²) >= 11 is 11.4. The van der Waals surface area contributed by atoms with Crippen LogP contribution in [0.3, 0.4) is 0 Å². The molecule has 0 aromatic heterocycles. The van der Waals surface area contributed by atoms with Gasteiger partial charge in [0.1, 0.15) is 12.4 Å². The minimum atomic E-state index is -0.617. The van der Waals surface area contributed by atoms with Gasteiger partial charge < -0.3 is 9.84 Å². The highest BCUT2D eigenvalue weighted by Gasteiger charge is 2.09. The van der Waals surface area contributed by atoms with Gasteiger partial charge in [0, 0.05) is 16.1 Å². The molecule has 0 amide bonds. The second kappa shape index (κ2) is 6.14. The molecule has 1 N–H and O–H groups in total. The first-order valence-electron chi connectivity index (χ1n) is 4.90. The van der Waals surface area contributed by atoms with E-state index in [1.165, 1.54) is 5.54 Å². The summed E-state index contributed by atoms with van der Waals surface area (Å²) in [7, 11) is 0. The number of aliphatic hydroxyl groups excluding tert-OH is 1. The number of halogens is 2. The Morgan fingerprint density at radius 2 is 2.25 bits per heavy atom. The lowest BCUT2D eigenvalue weighted by molar-refractivity contribution is 0.192. The summed E-state index contributed by atoms with van der Waals surface area (Å²) in [5.74, 6) is 0.622. The van der Waals surface area contributed by atoms with Gasteiger partial charge in [0.25, 0.3) is 0 Å². The van der Waals surface area contributed by atoms with Crippen LogP contribution in [0.5, 0.6) is 5.75 Å². The summed E-state index contributed by atoms with van der Waals surface area (Å²) in [5, 5.41) is 10.1. The zero-order valence-electron chi connectivity index (χ0n) is 9.21. The summed E-state index contributed by atoms with van der Waals surface area (Å²) in [5.41, 5.74) is 3.06. The molecule has 0 aliphatic rings. The van der Waals surface area contributed by atoms with E-state index in [1.54, 1.807) is 25.1 Å². The van der Waals surface area contributed by atoms with Crippen LogP contribution < -0.4 is 4.74 Å². The molecule has 0 saturated carbocycles. The fourth-order valence-electron chi connectivity index (χ4n) is 1.20. The molecule has 1 unspecified atom stereocenters. The zero-order valence-corrected chi connectivity index (χ0v) is 10.7. The van der Waals surface area contributed by atoms with Gasteiger partial charge in [-0.1, -0.05) is 23.2 Å². The maximum atomic E-state index is 9.57. The van der Waals surface area contributed by atoms with Gasteiger partial charge in [-0.25, -0.2) is 0 Å². The van der Waals surface area contributed by atoms with E-state index in [9.17, 15) is 5.11 Å². The van der Waals surface area contributed by atoms with E-state index in [0.29, 0.717) is 22.9 Å². The lowest BCUT2D eigenvalue weighted by atomic mass is 10.1. The lowest BCUT2D eigenvalue weighted by Gasteiger charge is -2.13. The predicted octanol–water partition coefficient (Wildman–Crippen LogP) is 3.91. The van der Waals surface area contributed by atoms with Crippen molar-refractivity contribution in [1.82, 2.24) is 0 Å². The third-order valence-corrected chi connectivity index (χ3v) is 2.67. The molecule has 4 heteroatoms. The van der Waals surface area contributed by atoms with Gasteiger partial charge >= 0.3 is 0 Å². The Balaban J connectivity index is 2.87. The van der Waals surface area contributed by atoms with Crippen molar-refractivity contribution in [2.45, 2.75) is 20.0 Å². The number of rotatable bonds is 4. The Bertz CT molecular complexity index is 387. The first-order chi connectivity index (χ1) is 7.54. The Hall–Kier alpha value is -0.700. The molecule has 1 aromatic rings. The van der Waals surface area contributed by atoms with E-state index in [-0.39, 0.29) is 0 Å². The number of hydrogen-bond acceptors (Lipinski definition) is 2. The van der Waals surface area contributed by atoms with E-state index >= 15 is 0 Å². The van der Waals surface area contributed by atoms with Gasteiger partial charge in [-0.05, 0) is 37.6 Å². The largest absolute Gasteiger partial charge is 0.489 e. The fraction of sp³-hybridized carbons (Fsp3) is 0.333. The van der Waals surface area contributed by atoms with Crippen LogP contribution in [0.25, 0.3) is 0 Å². The molecule has 0 bridgehead atoms. The monoisotopic (exact) mass is 260 g/mol. The van der Waals surface area contributed by atoms with Crippen LogP contribution >= 0.6 is 23.2 Å². The highest BCUT2D eigenvalue weighted by Crippen LogP contribution is 2.28. The molecule has 2 nitrogen and oxygen atoms in total. The van der Waals surface area contributed by atoms with Gasteiger partial charge in [0.05, 0.1) is 6.10 Å². The smallest absolute Gasteiger partial charge is 0.125 e. The molecule has 0 aliphatic heterocycles. The first kappa shape index (κ1) is 13.4. The third kappa shape index (κ3) is 3.71. The van der Waals surface area contributed by atoms with E-state index in [4.69, 9.17) is 27.9 Å². The van der Waals surface area contributed by atoms with E-state index in [0.717, 1.165) is 5.57 Å². The van der Waals surface area contributed by atoms with Crippen LogP contribution in [0.15, 0.2) is 29.3 Å². The van der Waals surface area contributed by atoms with Gasteiger partial charge in [0.15, 0.2) is 0 Å². The molecule has 0 radical (unpaired) electrons. The van der Waals surface area contributed by atoms with Gasteiger partial charge in [-0.2, -0.15) is 0 Å². The van der Waals surface area contributed by atoms with E-state index in [2.05, 4.69) is 0 Å². The Morgan fingerprint density at radius 1 is 1.56 bits per heavy atom. The lowest BCUT2D eigenvalue weighted by Crippen LogP contribution is -2.03. The third-order valence-electron chi connectivity index (χ3n) is 2.06. The minimum Gasteiger partial charge on any atom is -0.489 e. The van der Waals surface area contributed by atoms with Crippen LogP contribution in [-0.2, 0) is 0 Å². The van der Waals surface area contributed by atoms with Gasteiger partial charge in [-0.15, -0.1) is 0 Å². The van der Waals surface area contributed by atoms with Crippen molar-refractivity contribution in [3.05, 3.63) is 39.9 Å². The van der Waals surface area contributed by atoms with Crippen molar-refractivity contribution in [2.24, 2.45) is 0 Å². The average molecular weight is 261 g/mol. The highest BCUT2D eigenvalue weighted by molar-refractivity contribution is 6.30. The van der Waals surface area contributed by atoms with Crippen LogP contribution in [-0.4, -0.2) is 11.7 Å². The highest BCUT2D eigenvalue weighted by atomic mass is 35.5. The second-order valence-corrected chi connectivity index (χ2v) is 4.26. The normalized spacial score (nSPS) is 13.7. The standard InChI is InChI=1S/C12H14Cl2O2/c1-8(6-13)7-16-12-4-3-10(14)5-11(12)9(2)15/h3-6,9,15H,7H2,1-2H3/b8-6+. The summed E-state index contributed by atoms with van der Waals surface area (Å²) in [6.07, 6.45) is -0.617. The van der Waals surface area contributed by atoms with Crippen LogP contribution in [0.2, 0.25) is 5.02 Å². The predicted molar refractivity (Wildman–Crippen MR) is 67.2 cm³/mol. The van der Waals surface area contributed by atoms with Crippen molar-refractivity contribution in [2.75, 3.05) is 6.61 Å². The number of ether oxygens (including phenoxy) is 1. The fourth-order valence-corrected chi connectivity index (χ4v) is 1.44. The van der Waals surface area contributed by atoms with Crippen LogP contribution in [0, 0.1) is 0 Å². The maximum Gasteiger partial charge on any atom is 0.125 e. The Morgan fingerprint density at radius 3 is 2.81 bits per heavy atom. The van der Waals surface area contributed by atoms with Crippen LogP contribution in [0.4, 0.5) is 0 Å². The summed E-state index contributed by atoms with van der Waals surface area (Å²) < 4.78 is 5.53. The molecule has 0 spiro atoms. The molecular formula is C12H14Cl2O2. The molecule has 1 aromatic carbocycles. The summed E-state index contributed by atoms with van der Waals surface area (Å²) in [6, 6.07) is 5.16. The first-order valence-corrected chi connectivity index (χ1v) is 5.72. The average Bonchev–Trinajstić information content (AvgIpc) is 2.26. The van der Waals surface area contributed by atoms with Crippen molar-refractivity contribution in [3.63, 3.8) is 0 Å². The molecule has 1 rings (SSSR count). The topological polar surface area (TPSA) is 29.5 Å². The minimum absolute atomic E-state index is 0.394. The Labute approximate surface area is 105 Å². The number of benzene rings is 1. The summed E-state index contributed by atoms with van der Waals surface area (Å²) in [6.45, 7) is 3.93. The molecule has 0 saturated heterocycles. The molecule has 1 atom stereocenters. The van der Waals surface area contributed by atoms with Crippen molar-refractivity contribution in [3.8, 4) is 5.75 Å². The quantitative estimate of drug-likeness (QED) is 0.890. The molecule has 0 fully saturated rings. The van der Waals surface area contributed by atoms with Crippen molar-refractivity contribution >= 4 is 23.2 Å². The van der Waals surface area contributed by atoms with E-state index < -0.39 is 6.10 Å². The molecule has 0 aliphatic carbocycles. The molecule has 88 valence electrons. The molecule has 16 heavy (non-hydrogen) atoms. The van der Waals surface area contributed by atoms with Crippen LogP contribution in [0.1, 0.15) is 25.5 Å². The summed E-state index contributed by atoms with van der Waals surface area (Å²) in [4.78, 5) is 0. The van der Waals surface area contributed by atoms with E-state index in [1.807, 2.05) is 6.92 Å². The maximum absolute atomic E-state index is 9.57. The molecular weight excluding hydrogens is 247 g/mol.